The lowest BCUT2D eigenvalue weighted by molar-refractivity contribution is -0.385. The number of anilines is 1. The van der Waals surface area contributed by atoms with Crippen LogP contribution in [0.15, 0.2) is 12.3 Å². The molecule has 0 unspecified atom stereocenters. The number of nitrogens with two attached hydrogens (primary N) is 1. The summed E-state index contributed by atoms with van der Waals surface area (Å²) in [6, 6.07) is 1.10. The molecule has 21 heavy (non-hydrogen) atoms. The number of hydrogen-bond acceptors (Lipinski definition) is 7. The monoisotopic (exact) mass is 298 g/mol. The summed E-state index contributed by atoms with van der Waals surface area (Å²) in [6.45, 7) is 1.86. The molecule has 3 N–H and O–H groups in total. The molecule has 0 aliphatic heterocycles. The van der Waals surface area contributed by atoms with E-state index in [9.17, 15) is 14.9 Å². The number of methoxy groups -OCH3 is 1. The lowest BCUT2D eigenvalue weighted by atomic mass is 10.2. The molecule has 0 fully saturated rings. The molecule has 1 aromatic heterocycles. The number of carbonyl (C=O) groups is 1. The van der Waals surface area contributed by atoms with Crippen molar-refractivity contribution in [1.82, 2.24) is 10.3 Å². The fraction of sp³-hybridized carbons (Fsp3) is 0.500. The summed E-state index contributed by atoms with van der Waals surface area (Å²) in [5, 5.41) is 13.2. The standard InChI is InChI=1S/C12H18N4O5/c1-20-5-6-21-4-2-3-14-12(17)10-7-9(16(18)19)8-15-11(10)13/h7-8H,2-6H2,1H3,(H2,13,15)(H,14,17). The Balaban J connectivity index is 2.41. The highest BCUT2D eigenvalue weighted by molar-refractivity contribution is 5.98. The van der Waals surface area contributed by atoms with Gasteiger partial charge in [0, 0.05) is 26.3 Å². The van der Waals surface area contributed by atoms with Gasteiger partial charge in [0.2, 0.25) is 0 Å². The van der Waals surface area contributed by atoms with Crippen molar-refractivity contribution in [2.45, 2.75) is 6.42 Å². The van der Waals surface area contributed by atoms with Crippen LogP contribution in [-0.4, -0.2) is 49.3 Å². The van der Waals surface area contributed by atoms with Gasteiger partial charge >= 0.3 is 0 Å². The Hall–Kier alpha value is -2.26. The number of nitrogens with one attached hydrogen (secondary N) is 1. The molecular weight excluding hydrogens is 280 g/mol. The molecule has 0 saturated carbocycles. The number of nitro groups is 1. The van der Waals surface area contributed by atoms with Gasteiger partial charge in [-0.05, 0) is 6.42 Å². The van der Waals surface area contributed by atoms with Crippen molar-refractivity contribution in [3.63, 3.8) is 0 Å². The first-order chi connectivity index (χ1) is 10.1. The van der Waals surface area contributed by atoms with Crippen LogP contribution in [0.2, 0.25) is 0 Å². The van der Waals surface area contributed by atoms with E-state index in [0.717, 1.165) is 12.3 Å². The summed E-state index contributed by atoms with van der Waals surface area (Å²) >= 11 is 0. The van der Waals surface area contributed by atoms with E-state index in [1.165, 1.54) is 0 Å². The van der Waals surface area contributed by atoms with Crippen LogP contribution in [0.1, 0.15) is 16.8 Å². The third-order valence-corrected chi connectivity index (χ3v) is 2.54. The van der Waals surface area contributed by atoms with Gasteiger partial charge in [-0.15, -0.1) is 0 Å². The van der Waals surface area contributed by atoms with E-state index in [1.54, 1.807) is 7.11 Å². The van der Waals surface area contributed by atoms with Gasteiger partial charge in [0.25, 0.3) is 11.6 Å². The summed E-state index contributed by atoms with van der Waals surface area (Å²) in [5.41, 5.74) is 5.25. The molecule has 116 valence electrons. The lowest BCUT2D eigenvalue weighted by Gasteiger charge is -2.07. The fourth-order valence-corrected chi connectivity index (χ4v) is 1.46. The summed E-state index contributed by atoms with van der Waals surface area (Å²) in [4.78, 5) is 25.5. The van der Waals surface area contributed by atoms with E-state index >= 15 is 0 Å². The quantitative estimate of drug-likeness (QED) is 0.382. The van der Waals surface area contributed by atoms with Crippen molar-refractivity contribution in [3.8, 4) is 0 Å². The minimum Gasteiger partial charge on any atom is -0.383 e. The molecule has 0 atom stereocenters. The van der Waals surface area contributed by atoms with E-state index in [1.807, 2.05) is 0 Å². The van der Waals surface area contributed by atoms with Crippen LogP contribution in [0.4, 0.5) is 11.5 Å². The van der Waals surface area contributed by atoms with E-state index in [4.69, 9.17) is 15.2 Å². The zero-order valence-electron chi connectivity index (χ0n) is 11.7. The third kappa shape index (κ3) is 5.71. The first-order valence-electron chi connectivity index (χ1n) is 6.31. The molecular formula is C12H18N4O5. The van der Waals surface area contributed by atoms with Gasteiger partial charge in [-0.3, -0.25) is 14.9 Å². The Labute approximate surface area is 121 Å². The lowest BCUT2D eigenvalue weighted by Crippen LogP contribution is -2.26. The maximum absolute atomic E-state index is 11.9. The molecule has 0 aromatic carbocycles. The van der Waals surface area contributed by atoms with Crippen molar-refractivity contribution < 1.29 is 19.2 Å². The number of rotatable bonds is 9. The maximum atomic E-state index is 11.9. The summed E-state index contributed by atoms with van der Waals surface area (Å²) in [6.07, 6.45) is 1.62. The van der Waals surface area contributed by atoms with Crippen LogP contribution >= 0.6 is 0 Å². The summed E-state index contributed by atoms with van der Waals surface area (Å²) in [7, 11) is 1.58. The van der Waals surface area contributed by atoms with Crippen LogP contribution < -0.4 is 11.1 Å². The molecule has 0 aliphatic carbocycles. The normalized spacial score (nSPS) is 10.3. The van der Waals surface area contributed by atoms with Gasteiger partial charge < -0.3 is 20.5 Å². The predicted octanol–water partition coefficient (Wildman–Crippen LogP) is 0.355. The molecule has 0 radical (unpaired) electrons. The number of nitrogen functional groups attached to an aromatic ring is 1. The smallest absolute Gasteiger partial charge is 0.288 e. The van der Waals surface area contributed by atoms with Gasteiger partial charge in [-0.1, -0.05) is 0 Å². The van der Waals surface area contributed by atoms with Crippen LogP contribution in [0.3, 0.4) is 0 Å². The van der Waals surface area contributed by atoms with E-state index in [0.29, 0.717) is 32.8 Å². The Morgan fingerprint density at radius 1 is 1.48 bits per heavy atom. The highest BCUT2D eigenvalue weighted by atomic mass is 16.6. The zero-order chi connectivity index (χ0) is 15.7. The first kappa shape index (κ1) is 16.8. The maximum Gasteiger partial charge on any atom is 0.288 e. The third-order valence-electron chi connectivity index (χ3n) is 2.54. The molecule has 9 heteroatoms. The molecule has 9 nitrogen and oxygen atoms in total. The first-order valence-corrected chi connectivity index (χ1v) is 6.31. The number of amides is 1. The number of pyridine rings is 1. The number of aromatic nitrogens is 1. The van der Waals surface area contributed by atoms with Gasteiger partial charge in [0.15, 0.2) is 0 Å². The number of hydrogen-bond donors (Lipinski definition) is 2. The highest BCUT2D eigenvalue weighted by Crippen LogP contribution is 2.16. The summed E-state index contributed by atoms with van der Waals surface area (Å²) < 4.78 is 10.1. The van der Waals surface area contributed by atoms with Crippen LogP contribution in [0.5, 0.6) is 0 Å². The topological polar surface area (TPSA) is 130 Å². The molecule has 0 saturated heterocycles. The minimum atomic E-state index is -0.632. The SMILES string of the molecule is COCCOCCCNC(=O)c1cc([N+](=O)[O-])cnc1N. The van der Waals surface area contributed by atoms with Crippen molar-refractivity contribution in [2.75, 3.05) is 39.2 Å². The number of nitrogens with zero attached hydrogens (tertiary/aromatic N) is 2. The van der Waals surface area contributed by atoms with Gasteiger partial charge in [0.05, 0.1) is 23.7 Å². The molecule has 0 aliphatic rings. The second kappa shape index (κ2) is 8.82. The van der Waals surface area contributed by atoms with Crippen molar-refractivity contribution >= 4 is 17.4 Å². The Kier molecular flexibility index (Phi) is 7.05. The average Bonchev–Trinajstić information content (AvgIpc) is 2.46. The van der Waals surface area contributed by atoms with Crippen molar-refractivity contribution in [2.24, 2.45) is 0 Å². The Morgan fingerprint density at radius 2 is 2.24 bits per heavy atom. The van der Waals surface area contributed by atoms with Crippen LogP contribution in [0.25, 0.3) is 0 Å². The second-order valence-corrected chi connectivity index (χ2v) is 4.10. The van der Waals surface area contributed by atoms with Gasteiger partial charge in [-0.25, -0.2) is 4.98 Å². The van der Waals surface area contributed by atoms with Crippen molar-refractivity contribution in [3.05, 3.63) is 27.9 Å². The van der Waals surface area contributed by atoms with Crippen LogP contribution in [-0.2, 0) is 9.47 Å². The molecule has 1 amide bonds. The summed E-state index contributed by atoms with van der Waals surface area (Å²) in [5.74, 6) is -0.546. The predicted molar refractivity (Wildman–Crippen MR) is 74.9 cm³/mol. The fourth-order valence-electron chi connectivity index (χ4n) is 1.46. The Morgan fingerprint density at radius 3 is 2.90 bits per heavy atom. The van der Waals surface area contributed by atoms with E-state index < -0.39 is 10.8 Å². The van der Waals surface area contributed by atoms with E-state index in [-0.39, 0.29) is 17.1 Å². The average molecular weight is 298 g/mol. The van der Waals surface area contributed by atoms with Gasteiger partial charge in [0.1, 0.15) is 12.0 Å². The zero-order valence-corrected chi connectivity index (χ0v) is 11.7. The van der Waals surface area contributed by atoms with Crippen molar-refractivity contribution in [1.29, 1.82) is 0 Å². The minimum absolute atomic E-state index is 0.00972. The molecule has 1 rings (SSSR count). The molecule has 1 heterocycles. The molecule has 0 bridgehead atoms. The van der Waals surface area contributed by atoms with Gasteiger partial charge in [-0.2, -0.15) is 0 Å². The Bertz CT molecular complexity index is 495. The highest BCUT2D eigenvalue weighted by Gasteiger charge is 2.16. The van der Waals surface area contributed by atoms with Crippen LogP contribution in [0, 0.1) is 10.1 Å². The second-order valence-electron chi connectivity index (χ2n) is 4.10. The number of ether oxygens (including phenoxy) is 2. The van der Waals surface area contributed by atoms with E-state index in [2.05, 4.69) is 10.3 Å². The largest absolute Gasteiger partial charge is 0.383 e. The number of carbonyl (C=O) groups excluding carboxylic acids is 1. The molecule has 1 aromatic rings. The molecule has 0 spiro atoms.